The molecule has 1 aliphatic heterocycles. The van der Waals surface area contributed by atoms with Crippen molar-refractivity contribution in [2.45, 2.75) is 62.8 Å². The molecule has 0 unspecified atom stereocenters. The molecule has 8 nitrogen and oxygen atoms in total. The molecule has 1 N–H and O–H groups in total. The Morgan fingerprint density at radius 1 is 1.00 bits per heavy atom. The second kappa shape index (κ2) is 13.6. The number of carbonyl (C=O) groups excluding carboxylic acids is 1. The molecule has 1 aromatic heterocycles. The van der Waals surface area contributed by atoms with Crippen LogP contribution in [-0.2, 0) is 16.6 Å². The van der Waals surface area contributed by atoms with Gasteiger partial charge in [-0.2, -0.15) is 0 Å². The number of nitrogens with zero attached hydrogens (tertiary/aromatic N) is 4. The van der Waals surface area contributed by atoms with Gasteiger partial charge in [0.15, 0.2) is 0 Å². The average molecular weight is 592 g/mol. The largest absolute Gasteiger partial charge is 0.336 e. The summed E-state index contributed by atoms with van der Waals surface area (Å²) in [6.07, 6.45) is 10.0. The number of sulfonamides is 1. The lowest BCUT2D eigenvalue weighted by Crippen LogP contribution is -2.48. The van der Waals surface area contributed by atoms with Crippen LogP contribution in [0.15, 0.2) is 70.7 Å². The maximum atomic E-state index is 14.0. The summed E-state index contributed by atoms with van der Waals surface area (Å²) in [5.74, 6) is -0.151. The van der Waals surface area contributed by atoms with Crippen LogP contribution >= 0.6 is 0 Å². The number of aliphatic imine (C=N–C) groups is 1. The van der Waals surface area contributed by atoms with E-state index in [9.17, 15) is 17.6 Å². The third-order valence-electron chi connectivity index (χ3n) is 8.12. The smallest absolute Gasteiger partial charge is 0.264 e. The lowest BCUT2D eigenvalue weighted by Gasteiger charge is -2.34. The van der Waals surface area contributed by atoms with Crippen LogP contribution in [0.4, 0.5) is 15.8 Å². The number of anilines is 1. The van der Waals surface area contributed by atoms with Gasteiger partial charge in [-0.15, -0.1) is 0 Å². The molecule has 42 heavy (non-hydrogen) atoms. The van der Waals surface area contributed by atoms with E-state index in [-0.39, 0.29) is 16.6 Å². The van der Waals surface area contributed by atoms with E-state index in [4.69, 9.17) is 0 Å². The van der Waals surface area contributed by atoms with E-state index in [0.29, 0.717) is 61.3 Å². The second-order valence-electron chi connectivity index (χ2n) is 11.0. The van der Waals surface area contributed by atoms with E-state index in [2.05, 4.69) is 19.6 Å². The van der Waals surface area contributed by atoms with Crippen LogP contribution in [0.5, 0.6) is 0 Å². The van der Waals surface area contributed by atoms with Gasteiger partial charge in [0.25, 0.3) is 15.9 Å². The van der Waals surface area contributed by atoms with Crippen molar-refractivity contribution in [2.24, 2.45) is 4.99 Å². The Bertz CT molecular complexity index is 1510. The van der Waals surface area contributed by atoms with Gasteiger partial charge in [0.05, 0.1) is 11.4 Å². The van der Waals surface area contributed by atoms with Gasteiger partial charge in [0.2, 0.25) is 0 Å². The topological polar surface area (TPSA) is 95.0 Å². The zero-order valence-electron chi connectivity index (χ0n) is 24.0. The first-order valence-electron chi connectivity index (χ1n) is 14.7. The lowest BCUT2D eigenvalue weighted by molar-refractivity contribution is 0.0625. The first kappa shape index (κ1) is 29.8. The fourth-order valence-corrected chi connectivity index (χ4v) is 7.11. The van der Waals surface area contributed by atoms with Crippen molar-refractivity contribution in [1.29, 1.82) is 0 Å². The molecule has 5 rings (SSSR count). The van der Waals surface area contributed by atoms with Crippen molar-refractivity contribution < 1.29 is 17.6 Å². The third-order valence-corrected chi connectivity index (χ3v) is 9.54. The lowest BCUT2D eigenvalue weighted by atomic mass is 9.90. The SMILES string of the molecule is C/C=N\c1c(C2CCCCCC2)cccc1S(=O)(=O)Nc1ccc(C(=O)N2CCN(Cc3ncccc3F)CC2)cc1. The van der Waals surface area contributed by atoms with Crippen LogP contribution in [0.1, 0.15) is 73.0 Å². The highest BCUT2D eigenvalue weighted by Gasteiger charge is 2.26. The summed E-state index contributed by atoms with van der Waals surface area (Å²) in [4.78, 5) is 25.8. The van der Waals surface area contributed by atoms with Crippen molar-refractivity contribution in [2.75, 3.05) is 30.9 Å². The number of aromatic nitrogens is 1. The van der Waals surface area contributed by atoms with Crippen molar-refractivity contribution >= 4 is 33.5 Å². The second-order valence-corrected chi connectivity index (χ2v) is 12.6. The van der Waals surface area contributed by atoms with Gasteiger partial charge in [-0.25, -0.2) is 12.8 Å². The molecule has 2 heterocycles. The van der Waals surface area contributed by atoms with Crippen LogP contribution in [0.25, 0.3) is 0 Å². The van der Waals surface area contributed by atoms with E-state index in [1.54, 1.807) is 66.7 Å². The summed E-state index contributed by atoms with van der Waals surface area (Å²) in [6, 6.07) is 14.9. The maximum Gasteiger partial charge on any atom is 0.264 e. The van der Waals surface area contributed by atoms with Crippen LogP contribution in [0, 0.1) is 5.82 Å². The number of pyridine rings is 1. The van der Waals surface area contributed by atoms with Crippen LogP contribution in [0.2, 0.25) is 0 Å². The molecule has 3 aromatic rings. The summed E-state index contributed by atoms with van der Waals surface area (Å²) in [6.45, 7) is 4.45. The normalized spacial score (nSPS) is 17.3. The Kier molecular flexibility index (Phi) is 9.64. The number of hydrogen-bond acceptors (Lipinski definition) is 6. The Labute approximate surface area is 247 Å². The standard InChI is InChI=1S/C32H38FN5O3S/c1-2-34-31-27(24-9-5-3-4-6-10-24)11-7-13-30(31)42(40,41)36-26-16-14-25(15-17-26)32(39)38-21-19-37(20-22-38)23-29-28(33)12-8-18-35-29/h2,7-8,11-18,24,36H,3-6,9-10,19-23H2,1H3/b34-2-. The number of benzene rings is 2. The summed E-state index contributed by atoms with van der Waals surface area (Å²) in [7, 11) is -3.92. The molecule has 0 radical (unpaired) electrons. The van der Waals surface area contributed by atoms with Crippen molar-refractivity contribution in [3.05, 3.63) is 83.4 Å². The molecule has 2 aliphatic rings. The van der Waals surface area contributed by atoms with E-state index >= 15 is 0 Å². The highest BCUT2D eigenvalue weighted by Crippen LogP contribution is 2.40. The number of piperazine rings is 1. The zero-order chi connectivity index (χ0) is 29.5. The molecule has 1 saturated carbocycles. The van der Waals surface area contributed by atoms with E-state index in [1.807, 2.05) is 6.07 Å². The molecule has 0 atom stereocenters. The van der Waals surface area contributed by atoms with Gasteiger partial charge in [-0.05, 0) is 73.7 Å². The van der Waals surface area contributed by atoms with Crippen LogP contribution < -0.4 is 4.72 Å². The van der Waals surface area contributed by atoms with Gasteiger partial charge < -0.3 is 4.90 Å². The van der Waals surface area contributed by atoms with Gasteiger partial charge in [0.1, 0.15) is 10.7 Å². The van der Waals surface area contributed by atoms with Crippen LogP contribution in [0.3, 0.4) is 0 Å². The Balaban J connectivity index is 1.24. The van der Waals surface area contributed by atoms with E-state index in [1.165, 1.54) is 18.9 Å². The molecule has 2 aromatic carbocycles. The minimum Gasteiger partial charge on any atom is -0.336 e. The predicted molar refractivity (Wildman–Crippen MR) is 163 cm³/mol. The first-order chi connectivity index (χ1) is 20.4. The Hall–Kier alpha value is -3.63. The van der Waals surface area contributed by atoms with Gasteiger partial charge in [-0.3, -0.25) is 24.4 Å². The summed E-state index contributed by atoms with van der Waals surface area (Å²) in [5.41, 5.74) is 2.76. The maximum absolute atomic E-state index is 14.0. The number of nitrogens with one attached hydrogen (secondary N) is 1. The molecule has 0 spiro atoms. The molecule has 1 amide bonds. The number of para-hydroxylation sites is 1. The van der Waals surface area contributed by atoms with Gasteiger partial charge in [-0.1, -0.05) is 37.8 Å². The molecular formula is C32H38FN5O3S. The van der Waals surface area contributed by atoms with E-state index < -0.39 is 10.0 Å². The highest BCUT2D eigenvalue weighted by atomic mass is 32.2. The Morgan fingerprint density at radius 2 is 1.71 bits per heavy atom. The molecule has 10 heteroatoms. The Morgan fingerprint density at radius 3 is 2.38 bits per heavy atom. The number of carbonyl (C=O) groups is 1. The molecule has 2 fully saturated rings. The first-order valence-corrected chi connectivity index (χ1v) is 16.2. The number of rotatable bonds is 8. The summed E-state index contributed by atoms with van der Waals surface area (Å²) >= 11 is 0. The van der Waals surface area contributed by atoms with Crippen LogP contribution in [-0.4, -0.2) is 61.5 Å². The molecular weight excluding hydrogens is 553 g/mol. The monoisotopic (exact) mass is 591 g/mol. The number of hydrogen-bond donors (Lipinski definition) is 1. The zero-order valence-corrected chi connectivity index (χ0v) is 24.8. The number of halogens is 1. The molecule has 0 bridgehead atoms. The average Bonchev–Trinajstić information content (AvgIpc) is 3.28. The molecule has 1 saturated heterocycles. The van der Waals surface area contributed by atoms with Crippen molar-refractivity contribution in [3.63, 3.8) is 0 Å². The van der Waals surface area contributed by atoms with Crippen molar-refractivity contribution in [3.8, 4) is 0 Å². The molecule has 1 aliphatic carbocycles. The highest BCUT2D eigenvalue weighted by molar-refractivity contribution is 7.92. The van der Waals surface area contributed by atoms with Gasteiger partial charge >= 0.3 is 0 Å². The van der Waals surface area contributed by atoms with Crippen molar-refractivity contribution in [1.82, 2.24) is 14.8 Å². The fourth-order valence-electron chi connectivity index (χ4n) is 5.87. The van der Waals surface area contributed by atoms with Gasteiger partial charge in [0, 0.05) is 56.4 Å². The van der Waals surface area contributed by atoms with E-state index in [0.717, 1.165) is 31.2 Å². The quantitative estimate of drug-likeness (QED) is 0.251. The minimum absolute atomic E-state index is 0.122. The number of amides is 1. The predicted octanol–water partition coefficient (Wildman–Crippen LogP) is 6.14. The molecule has 222 valence electrons. The summed E-state index contributed by atoms with van der Waals surface area (Å²) in [5, 5.41) is 0. The third kappa shape index (κ3) is 7.04. The fraction of sp³-hybridized carbons (Fsp3) is 0.406. The minimum atomic E-state index is -3.92. The summed E-state index contributed by atoms with van der Waals surface area (Å²) < 4.78 is 43.8.